The highest BCUT2D eigenvalue weighted by molar-refractivity contribution is 7.11. The van der Waals surface area contributed by atoms with Gasteiger partial charge in [-0.25, -0.2) is 9.97 Å². The second-order valence-corrected chi connectivity index (χ2v) is 4.22. The largest absolute Gasteiger partial charge is 0.362 e. The van der Waals surface area contributed by atoms with Crippen molar-refractivity contribution in [3.63, 3.8) is 0 Å². The molecular weight excluding hydrogens is 208 g/mol. The quantitative estimate of drug-likeness (QED) is 0.857. The molecular formula is C10H12N4S. The zero-order chi connectivity index (χ0) is 10.5. The monoisotopic (exact) mass is 220 g/mol. The topological polar surface area (TPSA) is 50.7 Å². The SMILES string of the molecule is CCc1cnc(CNc2cnccn2)s1. The van der Waals surface area contributed by atoms with Crippen LogP contribution in [-0.2, 0) is 13.0 Å². The summed E-state index contributed by atoms with van der Waals surface area (Å²) in [6, 6.07) is 0. The molecule has 0 aliphatic carbocycles. The van der Waals surface area contributed by atoms with Crippen molar-refractivity contribution >= 4 is 17.2 Å². The lowest BCUT2D eigenvalue weighted by molar-refractivity contribution is 1.06. The van der Waals surface area contributed by atoms with Crippen molar-refractivity contribution in [1.82, 2.24) is 15.0 Å². The van der Waals surface area contributed by atoms with Crippen LogP contribution in [0.1, 0.15) is 16.8 Å². The van der Waals surface area contributed by atoms with E-state index in [1.807, 2.05) is 6.20 Å². The van der Waals surface area contributed by atoms with E-state index in [-0.39, 0.29) is 0 Å². The number of aromatic nitrogens is 3. The first-order valence-electron chi connectivity index (χ1n) is 4.82. The van der Waals surface area contributed by atoms with Gasteiger partial charge in [-0.1, -0.05) is 6.92 Å². The average Bonchev–Trinajstić information content (AvgIpc) is 2.76. The highest BCUT2D eigenvalue weighted by Gasteiger charge is 2.00. The van der Waals surface area contributed by atoms with Gasteiger partial charge in [-0.05, 0) is 6.42 Å². The molecule has 1 N–H and O–H groups in total. The van der Waals surface area contributed by atoms with Gasteiger partial charge >= 0.3 is 0 Å². The molecule has 0 amide bonds. The summed E-state index contributed by atoms with van der Waals surface area (Å²) < 4.78 is 0. The standard InChI is InChI=1S/C10H12N4S/c1-2-8-5-14-10(15-8)7-13-9-6-11-3-4-12-9/h3-6H,2,7H2,1H3,(H,12,13). The summed E-state index contributed by atoms with van der Waals surface area (Å²) in [5, 5.41) is 4.25. The van der Waals surface area contributed by atoms with Gasteiger partial charge in [-0.15, -0.1) is 11.3 Å². The normalized spacial score (nSPS) is 10.2. The number of aryl methyl sites for hydroxylation is 1. The van der Waals surface area contributed by atoms with E-state index in [1.54, 1.807) is 29.9 Å². The lowest BCUT2D eigenvalue weighted by Crippen LogP contribution is -2.00. The smallest absolute Gasteiger partial charge is 0.144 e. The van der Waals surface area contributed by atoms with E-state index in [4.69, 9.17) is 0 Å². The molecule has 0 aromatic carbocycles. The van der Waals surface area contributed by atoms with Crippen LogP contribution in [0.15, 0.2) is 24.8 Å². The van der Waals surface area contributed by atoms with E-state index in [0.29, 0.717) is 6.54 Å². The molecule has 0 radical (unpaired) electrons. The molecule has 0 spiro atoms. The summed E-state index contributed by atoms with van der Waals surface area (Å²) in [7, 11) is 0. The Hall–Kier alpha value is -1.49. The number of anilines is 1. The van der Waals surface area contributed by atoms with Crippen LogP contribution in [0.2, 0.25) is 0 Å². The minimum atomic E-state index is 0.712. The average molecular weight is 220 g/mol. The second kappa shape index (κ2) is 4.84. The Kier molecular flexibility index (Phi) is 3.24. The molecule has 0 atom stereocenters. The molecule has 0 saturated heterocycles. The minimum Gasteiger partial charge on any atom is -0.362 e. The van der Waals surface area contributed by atoms with Crippen LogP contribution >= 0.6 is 11.3 Å². The first kappa shape index (κ1) is 10.0. The predicted octanol–water partition coefficient (Wildman–Crippen LogP) is 2.11. The van der Waals surface area contributed by atoms with Gasteiger partial charge in [0.25, 0.3) is 0 Å². The molecule has 0 unspecified atom stereocenters. The molecule has 2 heterocycles. The van der Waals surface area contributed by atoms with Crippen molar-refractivity contribution in [2.24, 2.45) is 0 Å². The summed E-state index contributed by atoms with van der Waals surface area (Å²) in [6.07, 6.45) is 8.00. The first-order valence-corrected chi connectivity index (χ1v) is 5.63. The fraction of sp³-hybridized carbons (Fsp3) is 0.300. The predicted molar refractivity (Wildman–Crippen MR) is 60.9 cm³/mol. The van der Waals surface area contributed by atoms with Gasteiger partial charge in [-0.3, -0.25) is 4.98 Å². The summed E-state index contributed by atoms with van der Waals surface area (Å²) in [5.74, 6) is 0.783. The maximum Gasteiger partial charge on any atom is 0.144 e. The molecule has 0 saturated carbocycles. The fourth-order valence-corrected chi connectivity index (χ4v) is 1.95. The lowest BCUT2D eigenvalue weighted by atomic mass is 10.4. The Balaban J connectivity index is 1.93. The molecule has 0 aliphatic heterocycles. The van der Waals surface area contributed by atoms with Crippen LogP contribution in [0.25, 0.3) is 0 Å². The van der Waals surface area contributed by atoms with Crippen LogP contribution in [0.4, 0.5) is 5.82 Å². The fourth-order valence-electron chi connectivity index (χ4n) is 1.15. The lowest BCUT2D eigenvalue weighted by Gasteiger charge is -2.00. The van der Waals surface area contributed by atoms with Crippen molar-refractivity contribution in [3.05, 3.63) is 34.7 Å². The van der Waals surface area contributed by atoms with Crippen LogP contribution < -0.4 is 5.32 Å². The Morgan fingerprint density at radius 3 is 2.87 bits per heavy atom. The van der Waals surface area contributed by atoms with Crippen molar-refractivity contribution in [1.29, 1.82) is 0 Å². The molecule has 0 bridgehead atoms. The van der Waals surface area contributed by atoms with Gasteiger partial charge in [0.1, 0.15) is 10.8 Å². The van der Waals surface area contributed by atoms with Gasteiger partial charge in [-0.2, -0.15) is 0 Å². The summed E-state index contributed by atoms with van der Waals surface area (Å²) in [4.78, 5) is 13.7. The number of nitrogens with zero attached hydrogens (tertiary/aromatic N) is 3. The molecule has 5 heteroatoms. The zero-order valence-electron chi connectivity index (χ0n) is 8.47. The number of hydrogen-bond donors (Lipinski definition) is 1. The number of nitrogens with one attached hydrogen (secondary N) is 1. The van der Waals surface area contributed by atoms with Gasteiger partial charge in [0.15, 0.2) is 0 Å². The van der Waals surface area contributed by atoms with Crippen LogP contribution in [0.5, 0.6) is 0 Å². The van der Waals surface area contributed by atoms with Gasteiger partial charge in [0, 0.05) is 23.5 Å². The van der Waals surface area contributed by atoms with E-state index in [2.05, 4.69) is 27.2 Å². The third-order valence-corrected chi connectivity index (χ3v) is 3.08. The third kappa shape index (κ3) is 2.73. The summed E-state index contributed by atoms with van der Waals surface area (Å²) in [6.45, 7) is 2.84. The van der Waals surface area contributed by atoms with Gasteiger partial charge in [0.05, 0.1) is 12.7 Å². The number of hydrogen-bond acceptors (Lipinski definition) is 5. The molecule has 2 aromatic heterocycles. The van der Waals surface area contributed by atoms with E-state index in [0.717, 1.165) is 17.2 Å². The van der Waals surface area contributed by atoms with Gasteiger partial charge < -0.3 is 5.32 Å². The Morgan fingerprint density at radius 2 is 2.20 bits per heavy atom. The summed E-state index contributed by atoms with van der Waals surface area (Å²) >= 11 is 1.73. The Labute approximate surface area is 92.4 Å². The highest BCUT2D eigenvalue weighted by atomic mass is 32.1. The summed E-state index contributed by atoms with van der Waals surface area (Å²) in [5.41, 5.74) is 0. The van der Waals surface area contributed by atoms with E-state index in [9.17, 15) is 0 Å². The third-order valence-electron chi connectivity index (χ3n) is 1.93. The molecule has 2 aromatic rings. The van der Waals surface area contributed by atoms with E-state index < -0.39 is 0 Å². The Bertz CT molecular complexity index is 412. The Morgan fingerprint density at radius 1 is 1.27 bits per heavy atom. The van der Waals surface area contributed by atoms with Crippen LogP contribution in [-0.4, -0.2) is 15.0 Å². The number of thiazole rings is 1. The molecule has 78 valence electrons. The van der Waals surface area contributed by atoms with Crippen molar-refractivity contribution in [2.45, 2.75) is 19.9 Å². The zero-order valence-corrected chi connectivity index (χ0v) is 9.29. The maximum atomic E-state index is 4.31. The highest BCUT2D eigenvalue weighted by Crippen LogP contribution is 2.14. The maximum absolute atomic E-state index is 4.31. The van der Waals surface area contributed by atoms with E-state index >= 15 is 0 Å². The molecule has 2 rings (SSSR count). The van der Waals surface area contributed by atoms with Crippen molar-refractivity contribution < 1.29 is 0 Å². The van der Waals surface area contributed by atoms with E-state index in [1.165, 1.54) is 4.88 Å². The van der Waals surface area contributed by atoms with Crippen molar-refractivity contribution in [2.75, 3.05) is 5.32 Å². The molecule has 0 aliphatic rings. The molecule has 4 nitrogen and oxygen atoms in total. The van der Waals surface area contributed by atoms with Gasteiger partial charge in [0.2, 0.25) is 0 Å². The van der Waals surface area contributed by atoms with Crippen molar-refractivity contribution in [3.8, 4) is 0 Å². The molecule has 0 fully saturated rings. The second-order valence-electron chi connectivity index (χ2n) is 3.02. The minimum absolute atomic E-state index is 0.712. The first-order chi connectivity index (χ1) is 7.38. The molecule has 15 heavy (non-hydrogen) atoms. The number of rotatable bonds is 4. The van der Waals surface area contributed by atoms with Crippen LogP contribution in [0.3, 0.4) is 0 Å². The van der Waals surface area contributed by atoms with Crippen LogP contribution in [0, 0.1) is 0 Å².